The van der Waals surface area contributed by atoms with Crippen LogP contribution in [0.25, 0.3) is 0 Å². The van der Waals surface area contributed by atoms with Crippen LogP contribution in [0.3, 0.4) is 0 Å². The van der Waals surface area contributed by atoms with Crippen LogP contribution >= 0.6 is 0 Å². The molecule has 0 fully saturated rings. The summed E-state index contributed by atoms with van der Waals surface area (Å²) in [5, 5.41) is 0. The number of ether oxygens (including phenoxy) is 2. The van der Waals surface area contributed by atoms with E-state index in [-0.39, 0.29) is 18.0 Å². The zero-order chi connectivity index (χ0) is 62.4. The molecule has 0 radical (unpaired) electrons. The monoisotopic (exact) mass is 1320 g/mol. The van der Waals surface area contributed by atoms with Gasteiger partial charge in [-0.3, -0.25) is 0 Å². The summed E-state index contributed by atoms with van der Waals surface area (Å²) in [6.45, 7) is 82.6. The van der Waals surface area contributed by atoms with Crippen molar-refractivity contribution in [2.24, 2.45) is 0 Å². The smallest absolute Gasteiger partial charge is 0.333 e. The molecule has 0 rings (SSSR count). The quantitative estimate of drug-likeness (QED) is 0.0253. The average Bonchev–Trinajstić information content (AvgIpc) is 3.19. The molecule has 2 atom stereocenters. The van der Waals surface area contributed by atoms with Crippen molar-refractivity contribution < 1.29 is 56.4 Å². The van der Waals surface area contributed by atoms with Crippen molar-refractivity contribution in [1.29, 1.82) is 0 Å². The molecule has 0 aliphatic carbocycles. The van der Waals surface area contributed by atoms with Gasteiger partial charge in [0.25, 0.3) is 0 Å². The maximum absolute atomic E-state index is 12.0. The van der Waals surface area contributed by atoms with Gasteiger partial charge in [-0.2, -0.15) is 0 Å². The fourth-order valence-electron chi connectivity index (χ4n) is 8.77. The van der Waals surface area contributed by atoms with Crippen LogP contribution in [0.2, 0.25) is 200 Å². The van der Waals surface area contributed by atoms with Crippen molar-refractivity contribution in [2.75, 3.05) is 13.2 Å². The molecule has 26 heteroatoms. The third kappa shape index (κ3) is 43.7. The summed E-state index contributed by atoms with van der Waals surface area (Å²) in [5.74, 6) is -0.664. The van der Waals surface area contributed by atoms with E-state index in [2.05, 4.69) is 197 Å². The van der Waals surface area contributed by atoms with Crippen molar-refractivity contribution in [2.45, 2.75) is 247 Å². The van der Waals surface area contributed by atoms with Crippen LogP contribution in [0.1, 0.15) is 40.5 Å². The van der Waals surface area contributed by atoms with E-state index in [1.165, 1.54) is 0 Å². The molecule has 0 saturated carbocycles. The van der Waals surface area contributed by atoms with Crippen LogP contribution in [-0.4, -0.2) is 141 Å². The van der Waals surface area contributed by atoms with Gasteiger partial charge in [0, 0.05) is 17.3 Å². The van der Waals surface area contributed by atoms with E-state index >= 15 is 0 Å². The Hall–Kier alpha value is 0.0995. The van der Waals surface area contributed by atoms with Crippen LogP contribution in [0.4, 0.5) is 0 Å². The first-order valence-corrected chi connectivity index (χ1v) is 66.6. The van der Waals surface area contributed by atoms with Gasteiger partial charge in [0.1, 0.15) is 0 Å². The van der Waals surface area contributed by atoms with E-state index in [0.29, 0.717) is 24.4 Å². The normalized spacial score (nSPS) is 15.0. The summed E-state index contributed by atoms with van der Waals surface area (Å²) < 4.78 is 69.3. The first-order chi connectivity index (χ1) is 34.5. The lowest BCUT2D eigenvalue weighted by Gasteiger charge is -2.43. The Balaban J connectivity index is -0.00000134. The van der Waals surface area contributed by atoms with Gasteiger partial charge >= 0.3 is 46.2 Å². The lowest BCUT2D eigenvalue weighted by Crippen LogP contribution is -2.55. The fourth-order valence-corrected chi connectivity index (χ4v) is 67.4. The van der Waals surface area contributed by atoms with E-state index in [4.69, 9.17) is 46.8 Å². The summed E-state index contributed by atoms with van der Waals surface area (Å²) in [6, 6.07) is 5.84. The second kappa shape index (κ2) is 34.3. The Morgan fingerprint density at radius 2 is 0.718 bits per heavy atom. The number of rotatable bonds is 37. The highest BCUT2D eigenvalue weighted by Gasteiger charge is 2.46. The summed E-state index contributed by atoms with van der Waals surface area (Å²) in [7, 11) is -25.1. The summed E-state index contributed by atoms with van der Waals surface area (Å²) in [6.07, 6.45) is 1.66. The summed E-state index contributed by atoms with van der Waals surface area (Å²) in [5.41, 5.74) is 6.75. The van der Waals surface area contributed by atoms with Gasteiger partial charge in [-0.05, 0) is 240 Å². The number of hydrogen-bond acceptors (Lipinski definition) is 13. The predicted octanol–water partition coefficient (Wildman–Crippen LogP) is 16.5. The molecule has 2 unspecified atom stereocenters. The molecule has 13 nitrogen and oxygen atoms in total. The molecule has 0 bridgehead atoms. The number of hydrogen-bond donors (Lipinski definition) is 0. The van der Waals surface area contributed by atoms with Crippen LogP contribution in [0.15, 0.2) is 61.1 Å². The van der Waals surface area contributed by atoms with E-state index in [1.807, 2.05) is 30.9 Å². The first kappa shape index (κ1) is 82.3. The minimum atomic E-state index is -2.60. The second-order valence-electron chi connectivity index (χ2n) is 27.7. The lowest BCUT2D eigenvalue weighted by molar-refractivity contribution is -0.139. The van der Waals surface area contributed by atoms with Crippen molar-refractivity contribution in [1.82, 2.24) is 0 Å². The highest BCUT2D eigenvalue weighted by Crippen LogP contribution is 2.34. The second-order valence-corrected chi connectivity index (χ2v) is 79.0. The van der Waals surface area contributed by atoms with E-state index in [1.54, 1.807) is 13.8 Å². The largest absolute Gasteiger partial charge is 0.462 e. The van der Waals surface area contributed by atoms with Crippen LogP contribution in [-0.2, 0) is 56.4 Å². The minimum Gasteiger partial charge on any atom is -0.462 e. The standard InChI is InChI=1S/C29H70O7Si8.C13H28O4Si2.C10H24O2Si3/c1-20-38(7,8)33-43(17,18)34-40(11,12)25-27-42(15,16)36-44(19,23-21-22-31-29(30)28(2)3)35-41(13,14)26-24-39(9,10)32-37(4,5)6;1-11(2)13(14)15-9-8-10-19(7,16-12(3)4)17-18(5)6;1-9-13(3,4)11-15(7,8)12-14(5,6)10-2/h20H,1-2,21-27H2,3-19H3;12,18H,1,8-10H2,2-7H3;9-10H,1-2H2,3-8H3. The third-order valence-corrected chi connectivity index (χ3v) is 57.5. The summed E-state index contributed by atoms with van der Waals surface area (Å²) in [4.78, 5) is 23.3. The Kier molecular flexibility index (Phi) is 36.2. The van der Waals surface area contributed by atoms with Crippen molar-refractivity contribution in [3.8, 4) is 0 Å². The predicted molar refractivity (Wildman–Crippen MR) is 368 cm³/mol. The van der Waals surface area contributed by atoms with Gasteiger partial charge in [0.15, 0.2) is 75.6 Å². The maximum atomic E-state index is 12.0. The Bertz CT molecular complexity index is 1850. The van der Waals surface area contributed by atoms with E-state index in [0.717, 1.165) is 49.1 Å². The molecule has 0 amide bonds. The number of carbonyl (C=O) groups excluding carboxylic acids is 2. The zero-order valence-corrected chi connectivity index (χ0v) is 69.0. The molecule has 0 N–H and O–H groups in total. The molecule has 0 heterocycles. The number of esters is 2. The highest BCUT2D eigenvalue weighted by atomic mass is 28.5. The average molecular weight is 1320 g/mol. The molecule has 0 saturated heterocycles. The SMILES string of the molecule is C=C(C)C(=O)OCCC[Si](C)(OC(C)C)O[SiH](C)C.C=C[Si](C)(C)O[Si](C)(C)O[Si](C)(C)C=C.C=C[Si](C)(C)O[Si](C)(C)O[Si](C)(C)CC[Si](C)(C)O[Si](C)(CCCOC(=O)C(=C)C)O[Si](C)(C)CC[Si](C)(C)O[Si](C)(C)C. The van der Waals surface area contributed by atoms with Crippen LogP contribution in [0, 0.1) is 0 Å². The fraction of sp³-hybridized carbons (Fsp3) is 0.769. The Morgan fingerprint density at radius 3 is 0.987 bits per heavy atom. The maximum Gasteiger partial charge on any atom is 0.333 e. The Labute approximate surface area is 495 Å². The first-order valence-electron chi connectivity index (χ1n) is 28.4. The number of carbonyl (C=O) groups is 2. The molecule has 0 aliphatic heterocycles. The van der Waals surface area contributed by atoms with Gasteiger partial charge in [-0.15, -0.1) is 19.7 Å². The van der Waals surface area contributed by atoms with Crippen molar-refractivity contribution in [3.63, 3.8) is 0 Å². The topological polar surface area (TPSA) is 136 Å². The highest BCUT2D eigenvalue weighted by molar-refractivity contribution is 6.93. The van der Waals surface area contributed by atoms with Gasteiger partial charge in [0.2, 0.25) is 0 Å². The van der Waals surface area contributed by atoms with Gasteiger partial charge in [0.05, 0.1) is 13.2 Å². The Morgan fingerprint density at radius 1 is 0.436 bits per heavy atom. The van der Waals surface area contributed by atoms with Gasteiger partial charge in [-0.25, -0.2) is 9.59 Å². The zero-order valence-electron chi connectivity index (χ0n) is 55.8. The molecule has 0 spiro atoms. The molecule has 460 valence electrons. The van der Waals surface area contributed by atoms with Gasteiger partial charge in [-0.1, -0.05) is 30.3 Å². The van der Waals surface area contributed by atoms with E-state index in [9.17, 15) is 9.59 Å². The molecular weight excluding hydrogens is 1200 g/mol. The van der Waals surface area contributed by atoms with E-state index < -0.39 is 110 Å². The molecule has 0 aliphatic rings. The van der Waals surface area contributed by atoms with Crippen LogP contribution < -0.4 is 0 Å². The minimum absolute atomic E-state index is 0.169. The molecule has 0 aromatic rings. The van der Waals surface area contributed by atoms with Crippen molar-refractivity contribution in [3.05, 3.63) is 61.1 Å². The van der Waals surface area contributed by atoms with Crippen molar-refractivity contribution >= 4 is 122 Å². The molecule has 0 aromatic heterocycles. The molecule has 78 heavy (non-hydrogen) atoms. The lowest BCUT2D eigenvalue weighted by atomic mass is 10.4. The van der Waals surface area contributed by atoms with Crippen LogP contribution in [0.5, 0.6) is 0 Å². The summed E-state index contributed by atoms with van der Waals surface area (Å²) >= 11 is 0. The molecular formula is C52H122O13Si13. The third-order valence-electron chi connectivity index (χ3n) is 11.4. The van der Waals surface area contributed by atoms with Gasteiger partial charge < -0.3 is 46.8 Å². The molecule has 0 aromatic carbocycles.